The Bertz CT molecular complexity index is 634. The predicted molar refractivity (Wildman–Crippen MR) is 68.4 cm³/mol. The summed E-state index contributed by atoms with van der Waals surface area (Å²) in [5.41, 5.74) is 5.04. The molecule has 21 heavy (non-hydrogen) atoms. The second kappa shape index (κ2) is 5.55. The highest BCUT2D eigenvalue weighted by molar-refractivity contribution is 5.90. The minimum absolute atomic E-state index is 0.0142. The van der Waals surface area contributed by atoms with Crippen molar-refractivity contribution in [2.75, 3.05) is 0 Å². The molecule has 2 rings (SSSR count). The van der Waals surface area contributed by atoms with Gasteiger partial charge in [-0.2, -0.15) is 13.2 Å². The van der Waals surface area contributed by atoms with Gasteiger partial charge in [-0.05, 0) is 24.1 Å². The molecule has 0 spiro atoms. The van der Waals surface area contributed by atoms with Crippen LogP contribution in [0.3, 0.4) is 0 Å². The Morgan fingerprint density at radius 3 is 2.38 bits per heavy atom. The summed E-state index contributed by atoms with van der Waals surface area (Å²) in [6.45, 7) is 1.86. The van der Waals surface area contributed by atoms with Crippen LogP contribution in [-0.2, 0) is 6.18 Å². The topological polar surface area (TPSA) is 73.8 Å². The molecular weight excluding hydrogens is 285 g/mol. The van der Waals surface area contributed by atoms with Crippen LogP contribution in [0.1, 0.15) is 41.0 Å². The van der Waals surface area contributed by atoms with Gasteiger partial charge in [-0.25, -0.2) is 4.68 Å². The zero-order valence-corrected chi connectivity index (χ0v) is 11.1. The zero-order chi connectivity index (χ0) is 15.6. The Kier molecular flexibility index (Phi) is 3.97. The molecule has 1 aromatic carbocycles. The molecule has 1 aromatic heterocycles. The Morgan fingerprint density at radius 1 is 1.33 bits per heavy atom. The number of hydrogen-bond donors (Lipinski definition) is 1. The number of halogens is 3. The highest BCUT2D eigenvalue weighted by Crippen LogP contribution is 2.30. The Balaban J connectivity index is 2.30. The van der Waals surface area contributed by atoms with Gasteiger partial charge < -0.3 is 5.73 Å². The van der Waals surface area contributed by atoms with Gasteiger partial charge in [0, 0.05) is 0 Å². The van der Waals surface area contributed by atoms with Crippen molar-refractivity contribution < 1.29 is 18.0 Å². The highest BCUT2D eigenvalue weighted by atomic mass is 19.4. The van der Waals surface area contributed by atoms with Crippen LogP contribution in [0.4, 0.5) is 13.2 Å². The van der Waals surface area contributed by atoms with E-state index in [1.165, 1.54) is 23.0 Å². The van der Waals surface area contributed by atoms with Crippen molar-refractivity contribution in [2.45, 2.75) is 25.6 Å². The maximum absolute atomic E-state index is 12.5. The van der Waals surface area contributed by atoms with Crippen molar-refractivity contribution >= 4 is 5.91 Å². The van der Waals surface area contributed by atoms with Gasteiger partial charge in [-0.1, -0.05) is 24.3 Å². The molecule has 1 unspecified atom stereocenters. The number of alkyl halides is 3. The van der Waals surface area contributed by atoms with E-state index in [0.29, 0.717) is 12.0 Å². The van der Waals surface area contributed by atoms with Crippen molar-refractivity contribution in [3.63, 3.8) is 0 Å². The quantitative estimate of drug-likeness (QED) is 0.942. The van der Waals surface area contributed by atoms with E-state index >= 15 is 0 Å². The fourth-order valence-electron chi connectivity index (χ4n) is 2.01. The molecule has 0 fully saturated rings. The molecule has 1 amide bonds. The molecule has 112 valence electrons. The van der Waals surface area contributed by atoms with E-state index in [1.54, 1.807) is 0 Å². The fraction of sp³-hybridized carbons (Fsp3) is 0.308. The van der Waals surface area contributed by atoms with Crippen molar-refractivity contribution in [3.8, 4) is 0 Å². The number of amides is 1. The van der Waals surface area contributed by atoms with E-state index < -0.39 is 17.6 Å². The Morgan fingerprint density at radius 2 is 1.95 bits per heavy atom. The standard InChI is InChI=1S/C13H13F3N4O/c1-2-11(20-7-10(12(17)21)18-19-20)8-3-5-9(6-4-8)13(14,15)16/h3-7,11H,2H2,1H3,(H2,17,21). The lowest BCUT2D eigenvalue weighted by Crippen LogP contribution is -2.12. The monoisotopic (exact) mass is 298 g/mol. The van der Waals surface area contributed by atoms with Gasteiger partial charge in [0.25, 0.3) is 5.91 Å². The number of primary amides is 1. The molecule has 2 aromatic rings. The summed E-state index contributed by atoms with van der Waals surface area (Å²) in [6.07, 6.45) is -2.41. The molecule has 0 saturated carbocycles. The molecule has 0 radical (unpaired) electrons. The van der Waals surface area contributed by atoms with Gasteiger partial charge in [0.2, 0.25) is 0 Å². The van der Waals surface area contributed by atoms with Crippen LogP contribution < -0.4 is 5.73 Å². The number of nitrogens with zero attached hydrogens (tertiary/aromatic N) is 3. The van der Waals surface area contributed by atoms with Crippen LogP contribution in [0, 0.1) is 0 Å². The third-order valence-corrected chi connectivity index (χ3v) is 3.09. The van der Waals surface area contributed by atoms with Gasteiger partial charge in [0.05, 0.1) is 17.8 Å². The normalized spacial score (nSPS) is 13.1. The summed E-state index contributed by atoms with van der Waals surface area (Å²) >= 11 is 0. The van der Waals surface area contributed by atoms with E-state index in [9.17, 15) is 18.0 Å². The van der Waals surface area contributed by atoms with Crippen LogP contribution in [0.5, 0.6) is 0 Å². The lowest BCUT2D eigenvalue weighted by atomic mass is 10.0. The van der Waals surface area contributed by atoms with E-state index in [-0.39, 0.29) is 11.7 Å². The highest BCUT2D eigenvalue weighted by Gasteiger charge is 2.30. The second-order valence-electron chi connectivity index (χ2n) is 4.49. The first kappa shape index (κ1) is 15.0. The molecule has 1 atom stereocenters. The summed E-state index contributed by atoms with van der Waals surface area (Å²) in [4.78, 5) is 11.0. The SMILES string of the molecule is CCC(c1ccc(C(F)(F)F)cc1)n1cc(C(N)=O)nn1. The number of carbonyl (C=O) groups is 1. The van der Waals surface area contributed by atoms with Gasteiger partial charge >= 0.3 is 6.18 Å². The Labute approximate surface area is 118 Å². The molecule has 0 aliphatic heterocycles. The third kappa shape index (κ3) is 3.21. The lowest BCUT2D eigenvalue weighted by molar-refractivity contribution is -0.137. The number of hydrogen-bond acceptors (Lipinski definition) is 3. The van der Waals surface area contributed by atoms with Gasteiger partial charge in [-0.15, -0.1) is 5.10 Å². The minimum atomic E-state index is -4.37. The molecule has 8 heteroatoms. The van der Waals surface area contributed by atoms with Crippen molar-refractivity contribution in [1.82, 2.24) is 15.0 Å². The summed E-state index contributed by atoms with van der Waals surface area (Å²) in [6, 6.07) is 4.51. The fourth-order valence-corrected chi connectivity index (χ4v) is 2.01. The molecule has 2 N–H and O–H groups in total. The average molecular weight is 298 g/mol. The van der Waals surface area contributed by atoms with Gasteiger partial charge in [-0.3, -0.25) is 4.79 Å². The summed E-state index contributed by atoms with van der Waals surface area (Å²) < 4.78 is 39.0. The van der Waals surface area contributed by atoms with Crippen LogP contribution in [0.15, 0.2) is 30.5 Å². The largest absolute Gasteiger partial charge is 0.416 e. The molecule has 0 aliphatic rings. The predicted octanol–water partition coefficient (Wildman–Crippen LogP) is 2.40. The lowest BCUT2D eigenvalue weighted by Gasteiger charge is -2.16. The maximum Gasteiger partial charge on any atom is 0.416 e. The smallest absolute Gasteiger partial charge is 0.364 e. The molecule has 5 nitrogen and oxygen atoms in total. The van der Waals surface area contributed by atoms with Crippen LogP contribution >= 0.6 is 0 Å². The zero-order valence-electron chi connectivity index (χ0n) is 11.1. The first-order valence-electron chi connectivity index (χ1n) is 6.21. The first-order chi connectivity index (χ1) is 9.82. The number of rotatable bonds is 4. The van der Waals surface area contributed by atoms with Crippen LogP contribution in [0.25, 0.3) is 0 Å². The summed E-state index contributed by atoms with van der Waals surface area (Å²) in [5.74, 6) is -0.705. The van der Waals surface area contributed by atoms with Crippen LogP contribution in [-0.4, -0.2) is 20.9 Å². The summed E-state index contributed by atoms with van der Waals surface area (Å²) in [7, 11) is 0. The van der Waals surface area contributed by atoms with Crippen molar-refractivity contribution in [1.29, 1.82) is 0 Å². The minimum Gasteiger partial charge on any atom is -0.364 e. The number of aromatic nitrogens is 3. The second-order valence-corrected chi connectivity index (χ2v) is 4.49. The van der Waals surface area contributed by atoms with Gasteiger partial charge in [0.15, 0.2) is 5.69 Å². The molecule has 0 bridgehead atoms. The number of benzene rings is 1. The number of carbonyl (C=O) groups excluding carboxylic acids is 1. The van der Waals surface area contributed by atoms with Gasteiger partial charge in [0.1, 0.15) is 0 Å². The first-order valence-corrected chi connectivity index (χ1v) is 6.21. The average Bonchev–Trinajstić information content (AvgIpc) is 2.89. The maximum atomic E-state index is 12.5. The molecule has 1 heterocycles. The Hall–Kier alpha value is -2.38. The number of nitrogens with two attached hydrogens (primary N) is 1. The van der Waals surface area contributed by atoms with Crippen molar-refractivity contribution in [2.24, 2.45) is 5.73 Å². The molecular formula is C13H13F3N4O. The van der Waals surface area contributed by atoms with E-state index in [0.717, 1.165) is 12.1 Å². The molecule has 0 saturated heterocycles. The third-order valence-electron chi connectivity index (χ3n) is 3.09. The van der Waals surface area contributed by atoms with E-state index in [2.05, 4.69) is 10.3 Å². The molecule has 0 aliphatic carbocycles. The summed E-state index contributed by atoms with van der Waals surface area (Å²) in [5, 5.41) is 7.43. The van der Waals surface area contributed by atoms with E-state index in [4.69, 9.17) is 5.73 Å². The van der Waals surface area contributed by atoms with E-state index in [1.807, 2.05) is 6.92 Å². The van der Waals surface area contributed by atoms with Crippen LogP contribution in [0.2, 0.25) is 0 Å². The van der Waals surface area contributed by atoms with Crippen molar-refractivity contribution in [3.05, 3.63) is 47.3 Å².